The summed E-state index contributed by atoms with van der Waals surface area (Å²) in [6.45, 7) is 2.02. The van der Waals surface area contributed by atoms with Crippen molar-refractivity contribution in [3.63, 3.8) is 0 Å². The Morgan fingerprint density at radius 3 is 2.52 bits per heavy atom. The fourth-order valence-corrected chi connectivity index (χ4v) is 2.13. The van der Waals surface area contributed by atoms with Crippen molar-refractivity contribution in [3.8, 4) is 11.5 Å². The molecular weight excluding hydrogens is 290 g/mol. The third-order valence-corrected chi connectivity index (χ3v) is 3.39. The summed E-state index contributed by atoms with van der Waals surface area (Å²) in [5.41, 5.74) is 2.83. The number of carbonyl (C=O) groups excluding carboxylic acids is 1. The van der Waals surface area contributed by atoms with Crippen LogP contribution in [0.4, 0.5) is 5.69 Å². The number of hydrogen-bond donors (Lipinski definition) is 1. The summed E-state index contributed by atoms with van der Waals surface area (Å²) in [5, 5.41) is 10.9. The van der Waals surface area contributed by atoms with Gasteiger partial charge in [0.1, 0.15) is 0 Å². The second-order valence-electron chi connectivity index (χ2n) is 5.28. The number of aromatic nitrogens is 2. The van der Waals surface area contributed by atoms with Crippen molar-refractivity contribution < 1.29 is 9.21 Å². The summed E-state index contributed by atoms with van der Waals surface area (Å²) in [4.78, 5) is 11.9. The number of aryl methyl sites for hydroxylation is 2. The zero-order chi connectivity index (χ0) is 16.1. The maximum Gasteiger partial charge on any atom is 0.247 e. The number of anilines is 1. The summed E-state index contributed by atoms with van der Waals surface area (Å²) < 4.78 is 5.61. The number of hydrogen-bond acceptors (Lipinski definition) is 4. The molecule has 0 atom stereocenters. The number of amides is 1. The van der Waals surface area contributed by atoms with Crippen LogP contribution in [0.25, 0.3) is 11.5 Å². The van der Waals surface area contributed by atoms with Gasteiger partial charge >= 0.3 is 0 Å². The van der Waals surface area contributed by atoms with Gasteiger partial charge in [0.05, 0.1) is 0 Å². The number of rotatable bonds is 5. The Balaban J connectivity index is 1.57. The molecule has 116 valence electrons. The van der Waals surface area contributed by atoms with Gasteiger partial charge in [-0.05, 0) is 31.2 Å². The normalized spacial score (nSPS) is 10.5. The van der Waals surface area contributed by atoms with Gasteiger partial charge in [0.2, 0.25) is 17.7 Å². The van der Waals surface area contributed by atoms with Crippen LogP contribution in [0.15, 0.2) is 59.0 Å². The fraction of sp³-hybridized carbons (Fsp3) is 0.167. The highest BCUT2D eigenvalue weighted by Crippen LogP contribution is 2.18. The SMILES string of the molecule is Cc1ccc(-c2nnc(CCC(=O)Nc3ccccc3)o2)cc1. The van der Waals surface area contributed by atoms with Gasteiger partial charge in [0.25, 0.3) is 0 Å². The molecule has 3 aromatic rings. The molecule has 1 amide bonds. The van der Waals surface area contributed by atoms with Gasteiger partial charge in [0.15, 0.2) is 0 Å². The van der Waals surface area contributed by atoms with Crippen LogP contribution in [0.2, 0.25) is 0 Å². The molecule has 0 spiro atoms. The number of carbonyl (C=O) groups is 1. The van der Waals surface area contributed by atoms with Crippen molar-refractivity contribution in [1.82, 2.24) is 10.2 Å². The fourth-order valence-electron chi connectivity index (χ4n) is 2.13. The maximum absolute atomic E-state index is 11.9. The van der Waals surface area contributed by atoms with Crippen molar-refractivity contribution in [2.75, 3.05) is 5.32 Å². The van der Waals surface area contributed by atoms with Crippen molar-refractivity contribution >= 4 is 11.6 Å². The summed E-state index contributed by atoms with van der Waals surface area (Å²) in [5.74, 6) is 0.860. The second kappa shape index (κ2) is 6.87. The molecule has 0 unspecified atom stereocenters. The van der Waals surface area contributed by atoms with E-state index in [1.165, 1.54) is 5.56 Å². The van der Waals surface area contributed by atoms with Crippen LogP contribution in [0.5, 0.6) is 0 Å². The quantitative estimate of drug-likeness (QED) is 0.781. The Bertz CT molecular complexity index is 780. The minimum Gasteiger partial charge on any atom is -0.421 e. The first kappa shape index (κ1) is 15.0. The summed E-state index contributed by atoms with van der Waals surface area (Å²) in [7, 11) is 0. The highest BCUT2D eigenvalue weighted by molar-refractivity contribution is 5.90. The Hall–Kier alpha value is -2.95. The van der Waals surface area contributed by atoms with Crippen LogP contribution >= 0.6 is 0 Å². The van der Waals surface area contributed by atoms with E-state index in [4.69, 9.17) is 4.42 Å². The minimum atomic E-state index is -0.0775. The van der Waals surface area contributed by atoms with Gasteiger partial charge in [-0.15, -0.1) is 10.2 Å². The lowest BCUT2D eigenvalue weighted by Gasteiger charge is -2.03. The van der Waals surface area contributed by atoms with Crippen molar-refractivity contribution in [2.45, 2.75) is 19.8 Å². The van der Waals surface area contributed by atoms with E-state index in [9.17, 15) is 4.79 Å². The minimum absolute atomic E-state index is 0.0775. The Morgan fingerprint density at radius 2 is 1.78 bits per heavy atom. The highest BCUT2D eigenvalue weighted by Gasteiger charge is 2.10. The van der Waals surface area contributed by atoms with Gasteiger partial charge in [-0.1, -0.05) is 35.9 Å². The zero-order valence-electron chi connectivity index (χ0n) is 12.8. The van der Waals surface area contributed by atoms with E-state index in [1.54, 1.807) is 0 Å². The lowest BCUT2D eigenvalue weighted by molar-refractivity contribution is -0.116. The third kappa shape index (κ3) is 4.03. The molecular formula is C18H17N3O2. The Kier molecular flexibility index (Phi) is 4.47. The first-order chi connectivity index (χ1) is 11.2. The molecule has 23 heavy (non-hydrogen) atoms. The monoisotopic (exact) mass is 307 g/mol. The average molecular weight is 307 g/mol. The lowest BCUT2D eigenvalue weighted by atomic mass is 10.1. The highest BCUT2D eigenvalue weighted by atomic mass is 16.4. The predicted octanol–water partition coefficient (Wildman–Crippen LogP) is 3.62. The molecule has 0 saturated heterocycles. The van der Waals surface area contributed by atoms with E-state index < -0.39 is 0 Å². The van der Waals surface area contributed by atoms with Crippen molar-refractivity contribution in [1.29, 1.82) is 0 Å². The molecule has 0 radical (unpaired) electrons. The predicted molar refractivity (Wildman–Crippen MR) is 87.9 cm³/mol. The van der Waals surface area contributed by atoms with Crippen LogP contribution in [-0.2, 0) is 11.2 Å². The molecule has 0 aliphatic heterocycles. The molecule has 1 aromatic heterocycles. The van der Waals surface area contributed by atoms with Gasteiger partial charge in [-0.25, -0.2) is 0 Å². The maximum atomic E-state index is 11.9. The first-order valence-corrected chi connectivity index (χ1v) is 7.45. The van der Waals surface area contributed by atoms with Gasteiger partial charge < -0.3 is 9.73 Å². The topological polar surface area (TPSA) is 68.0 Å². The molecule has 1 N–H and O–H groups in total. The molecule has 2 aromatic carbocycles. The molecule has 5 nitrogen and oxygen atoms in total. The van der Waals surface area contributed by atoms with Crippen molar-refractivity contribution in [3.05, 3.63) is 66.1 Å². The standard InChI is InChI=1S/C18H17N3O2/c1-13-7-9-14(10-8-13)18-21-20-17(23-18)12-11-16(22)19-15-5-3-2-4-6-15/h2-10H,11-12H2,1H3,(H,19,22). The second-order valence-corrected chi connectivity index (χ2v) is 5.28. The van der Waals surface area contributed by atoms with Crippen LogP contribution < -0.4 is 5.32 Å². The number of nitrogens with one attached hydrogen (secondary N) is 1. The van der Waals surface area contributed by atoms with E-state index in [0.717, 1.165) is 11.3 Å². The smallest absolute Gasteiger partial charge is 0.247 e. The summed E-state index contributed by atoms with van der Waals surface area (Å²) in [6.07, 6.45) is 0.710. The number of para-hydroxylation sites is 1. The summed E-state index contributed by atoms with van der Waals surface area (Å²) in [6, 6.07) is 17.2. The first-order valence-electron chi connectivity index (χ1n) is 7.45. The van der Waals surface area contributed by atoms with Crippen LogP contribution in [0, 0.1) is 6.92 Å². The lowest BCUT2D eigenvalue weighted by Crippen LogP contribution is -2.12. The number of benzene rings is 2. The number of nitrogens with zero attached hydrogens (tertiary/aromatic N) is 2. The molecule has 3 rings (SSSR count). The Labute approximate surface area is 134 Å². The van der Waals surface area contributed by atoms with Crippen LogP contribution in [0.1, 0.15) is 17.9 Å². The van der Waals surface area contributed by atoms with Gasteiger partial charge in [-0.3, -0.25) is 4.79 Å². The molecule has 0 aliphatic rings. The Morgan fingerprint density at radius 1 is 1.04 bits per heavy atom. The van der Waals surface area contributed by atoms with E-state index >= 15 is 0 Å². The third-order valence-electron chi connectivity index (χ3n) is 3.39. The van der Waals surface area contributed by atoms with Gasteiger partial charge in [0, 0.05) is 24.1 Å². The van der Waals surface area contributed by atoms with E-state index in [0.29, 0.717) is 24.6 Å². The summed E-state index contributed by atoms with van der Waals surface area (Å²) >= 11 is 0. The van der Waals surface area contributed by atoms with Gasteiger partial charge in [-0.2, -0.15) is 0 Å². The molecule has 1 heterocycles. The molecule has 0 aliphatic carbocycles. The van der Waals surface area contributed by atoms with E-state index in [2.05, 4.69) is 15.5 Å². The van der Waals surface area contributed by atoms with Crippen molar-refractivity contribution in [2.24, 2.45) is 0 Å². The largest absolute Gasteiger partial charge is 0.421 e. The zero-order valence-corrected chi connectivity index (χ0v) is 12.8. The van der Waals surface area contributed by atoms with Crippen LogP contribution in [0.3, 0.4) is 0 Å². The van der Waals surface area contributed by atoms with E-state index in [1.807, 2.05) is 61.5 Å². The average Bonchev–Trinajstić information content (AvgIpc) is 3.04. The molecule has 5 heteroatoms. The molecule has 0 saturated carbocycles. The van der Waals surface area contributed by atoms with E-state index in [-0.39, 0.29) is 5.91 Å². The molecule has 0 fully saturated rings. The van der Waals surface area contributed by atoms with Crippen LogP contribution in [-0.4, -0.2) is 16.1 Å². The molecule has 0 bridgehead atoms.